The molecule has 1 aromatic heterocycles. The van der Waals surface area contributed by atoms with Gasteiger partial charge in [-0.25, -0.2) is 4.98 Å². The van der Waals surface area contributed by atoms with Crippen LogP contribution in [0.4, 0.5) is 11.5 Å². The van der Waals surface area contributed by atoms with Crippen LogP contribution >= 0.6 is 11.6 Å². The zero-order valence-corrected chi connectivity index (χ0v) is 9.48. The molecule has 0 bridgehead atoms. The third kappa shape index (κ3) is 2.24. The van der Waals surface area contributed by atoms with Crippen LogP contribution in [0.2, 0.25) is 5.02 Å². The van der Waals surface area contributed by atoms with Crippen LogP contribution in [0.3, 0.4) is 0 Å². The summed E-state index contributed by atoms with van der Waals surface area (Å²) in [7, 11) is 0. The smallest absolute Gasteiger partial charge is 0.289 e. The molecule has 1 aromatic rings. The summed E-state index contributed by atoms with van der Waals surface area (Å²) < 4.78 is 0. The molecule has 0 atom stereocenters. The molecular formula is C10H12ClN3O2. The Bertz CT molecular complexity index is 405. The van der Waals surface area contributed by atoms with Crippen molar-refractivity contribution >= 4 is 23.1 Å². The summed E-state index contributed by atoms with van der Waals surface area (Å²) in [4.78, 5) is 16.2. The predicted octanol–water partition coefficient (Wildman–Crippen LogP) is 2.63. The summed E-state index contributed by atoms with van der Waals surface area (Å²) in [5.74, 6) is 0.659. The van der Waals surface area contributed by atoms with Gasteiger partial charge >= 0.3 is 0 Å². The highest BCUT2D eigenvalue weighted by molar-refractivity contribution is 6.33. The summed E-state index contributed by atoms with van der Waals surface area (Å²) in [5, 5.41) is 10.9. The molecule has 2 heterocycles. The van der Waals surface area contributed by atoms with Crippen LogP contribution in [0.5, 0.6) is 0 Å². The van der Waals surface area contributed by atoms with Crippen LogP contribution in [0.25, 0.3) is 0 Å². The van der Waals surface area contributed by atoms with E-state index in [1.54, 1.807) is 0 Å². The summed E-state index contributed by atoms with van der Waals surface area (Å²) in [5.41, 5.74) is -0.0641. The zero-order chi connectivity index (χ0) is 11.5. The Labute approximate surface area is 98.2 Å². The number of hydrogen-bond acceptors (Lipinski definition) is 4. The van der Waals surface area contributed by atoms with E-state index in [1.165, 1.54) is 18.7 Å². The second-order valence-electron chi connectivity index (χ2n) is 3.80. The SMILES string of the molecule is O=[N+]([O-])c1cnc(N2CCCCC2)c(Cl)c1. The molecule has 1 aliphatic rings. The van der Waals surface area contributed by atoms with Gasteiger partial charge in [-0.15, -0.1) is 0 Å². The molecule has 6 heteroatoms. The van der Waals surface area contributed by atoms with E-state index in [0.29, 0.717) is 10.8 Å². The number of halogens is 1. The fraction of sp³-hybridized carbons (Fsp3) is 0.500. The van der Waals surface area contributed by atoms with Gasteiger partial charge in [0.1, 0.15) is 12.0 Å². The van der Waals surface area contributed by atoms with Crippen molar-refractivity contribution < 1.29 is 4.92 Å². The van der Waals surface area contributed by atoms with Crippen molar-refractivity contribution in [2.75, 3.05) is 18.0 Å². The summed E-state index contributed by atoms with van der Waals surface area (Å²) in [6, 6.07) is 1.36. The number of nitrogens with zero attached hydrogens (tertiary/aromatic N) is 3. The van der Waals surface area contributed by atoms with Crippen LogP contribution in [0.15, 0.2) is 12.3 Å². The fourth-order valence-corrected chi connectivity index (χ4v) is 2.14. The number of anilines is 1. The van der Waals surface area contributed by atoms with Crippen LogP contribution in [0.1, 0.15) is 19.3 Å². The van der Waals surface area contributed by atoms with Crippen molar-refractivity contribution in [2.45, 2.75) is 19.3 Å². The van der Waals surface area contributed by atoms with E-state index >= 15 is 0 Å². The van der Waals surface area contributed by atoms with Crippen molar-refractivity contribution in [3.05, 3.63) is 27.4 Å². The van der Waals surface area contributed by atoms with Gasteiger partial charge in [0.25, 0.3) is 5.69 Å². The van der Waals surface area contributed by atoms with Gasteiger partial charge in [-0.05, 0) is 19.3 Å². The fourth-order valence-electron chi connectivity index (χ4n) is 1.86. The number of pyridine rings is 1. The van der Waals surface area contributed by atoms with Crippen molar-refractivity contribution in [3.8, 4) is 0 Å². The minimum absolute atomic E-state index is 0.0641. The average molecular weight is 242 g/mol. The first kappa shape index (κ1) is 11.1. The van der Waals surface area contributed by atoms with Gasteiger partial charge in [0, 0.05) is 19.2 Å². The lowest BCUT2D eigenvalue weighted by atomic mass is 10.1. The number of hydrogen-bond donors (Lipinski definition) is 0. The maximum atomic E-state index is 10.5. The van der Waals surface area contributed by atoms with Crippen molar-refractivity contribution in [1.29, 1.82) is 0 Å². The number of aromatic nitrogens is 1. The van der Waals surface area contributed by atoms with Gasteiger partial charge in [0.05, 0.1) is 9.95 Å². The first-order valence-electron chi connectivity index (χ1n) is 5.23. The Morgan fingerprint density at radius 3 is 2.62 bits per heavy atom. The van der Waals surface area contributed by atoms with E-state index in [1.807, 2.05) is 0 Å². The third-order valence-corrected chi connectivity index (χ3v) is 2.95. The normalized spacial score (nSPS) is 16.2. The number of nitro groups is 1. The van der Waals surface area contributed by atoms with Crippen LogP contribution in [-0.2, 0) is 0 Å². The lowest BCUT2D eigenvalue weighted by Crippen LogP contribution is -2.30. The van der Waals surface area contributed by atoms with Crippen molar-refractivity contribution in [1.82, 2.24) is 4.98 Å². The second kappa shape index (κ2) is 4.65. The third-order valence-electron chi connectivity index (χ3n) is 2.67. The maximum Gasteiger partial charge on any atom is 0.289 e. The number of rotatable bonds is 2. The minimum Gasteiger partial charge on any atom is -0.355 e. The molecule has 16 heavy (non-hydrogen) atoms. The highest BCUT2D eigenvalue weighted by atomic mass is 35.5. The molecule has 0 radical (unpaired) electrons. The molecule has 0 N–H and O–H groups in total. The maximum absolute atomic E-state index is 10.5. The molecule has 0 amide bonds. The van der Waals surface area contributed by atoms with Crippen molar-refractivity contribution in [3.63, 3.8) is 0 Å². The van der Waals surface area contributed by atoms with Gasteiger partial charge < -0.3 is 4.90 Å². The first-order chi connectivity index (χ1) is 7.68. The topological polar surface area (TPSA) is 59.3 Å². The Morgan fingerprint density at radius 1 is 1.38 bits per heavy atom. The lowest BCUT2D eigenvalue weighted by Gasteiger charge is -2.28. The molecule has 0 unspecified atom stereocenters. The highest BCUT2D eigenvalue weighted by Gasteiger charge is 2.17. The molecule has 0 saturated carbocycles. The predicted molar refractivity (Wildman–Crippen MR) is 62.0 cm³/mol. The molecule has 0 spiro atoms. The molecule has 2 rings (SSSR count). The standard InChI is InChI=1S/C10H12ClN3O2/c11-9-6-8(14(15)16)7-12-10(9)13-4-2-1-3-5-13/h6-7H,1-5H2. The molecule has 0 aliphatic carbocycles. The van der Waals surface area contributed by atoms with E-state index in [-0.39, 0.29) is 5.69 Å². The Hall–Kier alpha value is -1.36. The minimum atomic E-state index is -0.487. The van der Waals surface area contributed by atoms with Crippen LogP contribution in [-0.4, -0.2) is 23.0 Å². The highest BCUT2D eigenvalue weighted by Crippen LogP contribution is 2.28. The molecular weight excluding hydrogens is 230 g/mol. The van der Waals surface area contributed by atoms with E-state index < -0.39 is 4.92 Å². The van der Waals surface area contributed by atoms with E-state index in [4.69, 9.17) is 11.6 Å². The average Bonchev–Trinajstić information content (AvgIpc) is 2.30. The summed E-state index contributed by atoms with van der Waals surface area (Å²) >= 11 is 6.00. The molecule has 1 saturated heterocycles. The zero-order valence-electron chi connectivity index (χ0n) is 8.73. The van der Waals surface area contributed by atoms with E-state index in [0.717, 1.165) is 25.9 Å². The van der Waals surface area contributed by atoms with Crippen LogP contribution in [0, 0.1) is 10.1 Å². The van der Waals surface area contributed by atoms with Gasteiger partial charge in [0.2, 0.25) is 0 Å². The monoisotopic (exact) mass is 241 g/mol. The van der Waals surface area contributed by atoms with Crippen molar-refractivity contribution in [2.24, 2.45) is 0 Å². The second-order valence-corrected chi connectivity index (χ2v) is 4.21. The Morgan fingerprint density at radius 2 is 2.06 bits per heavy atom. The molecule has 86 valence electrons. The van der Waals surface area contributed by atoms with Gasteiger partial charge in [-0.2, -0.15) is 0 Å². The lowest BCUT2D eigenvalue weighted by molar-refractivity contribution is -0.385. The Kier molecular flexibility index (Phi) is 3.24. The number of piperidine rings is 1. The Balaban J connectivity index is 2.24. The quantitative estimate of drug-likeness (QED) is 0.590. The van der Waals surface area contributed by atoms with E-state index in [2.05, 4.69) is 9.88 Å². The molecule has 1 aliphatic heterocycles. The van der Waals surface area contributed by atoms with E-state index in [9.17, 15) is 10.1 Å². The molecule has 5 nitrogen and oxygen atoms in total. The molecule has 0 aromatic carbocycles. The first-order valence-corrected chi connectivity index (χ1v) is 5.61. The molecule has 1 fully saturated rings. The largest absolute Gasteiger partial charge is 0.355 e. The summed E-state index contributed by atoms with van der Waals surface area (Å²) in [6.07, 6.45) is 4.72. The van der Waals surface area contributed by atoms with Gasteiger partial charge in [-0.1, -0.05) is 11.6 Å². The van der Waals surface area contributed by atoms with Crippen LogP contribution < -0.4 is 4.90 Å². The van der Waals surface area contributed by atoms with Gasteiger partial charge in [0.15, 0.2) is 0 Å². The van der Waals surface area contributed by atoms with Gasteiger partial charge in [-0.3, -0.25) is 10.1 Å². The summed E-state index contributed by atoms with van der Waals surface area (Å²) in [6.45, 7) is 1.84.